The minimum absolute atomic E-state index is 0.161. The molecule has 0 aliphatic rings. The first-order valence-electron chi connectivity index (χ1n) is 9.33. The summed E-state index contributed by atoms with van der Waals surface area (Å²) in [6, 6.07) is 16.8. The number of fused-ring (bicyclic) bond motifs is 1. The monoisotopic (exact) mass is 405 g/mol. The average Bonchev–Trinajstić information content (AvgIpc) is 2.72. The SMILES string of the molecule is Cc1ccc(C)c(Cn2c(=O)n(Cc3ccc(Cl)cc3)c(=O)c3ncccc32)c1. The van der Waals surface area contributed by atoms with E-state index in [1.54, 1.807) is 35.0 Å². The second kappa shape index (κ2) is 7.68. The molecule has 4 aromatic rings. The molecule has 0 aliphatic carbocycles. The number of aromatic nitrogens is 3. The predicted octanol–water partition coefficient (Wildman–Crippen LogP) is 3.93. The van der Waals surface area contributed by atoms with Crippen LogP contribution in [0.2, 0.25) is 5.02 Å². The van der Waals surface area contributed by atoms with E-state index >= 15 is 0 Å². The number of nitrogens with zero attached hydrogens (tertiary/aromatic N) is 3. The maximum Gasteiger partial charge on any atom is 0.332 e. The normalized spacial score (nSPS) is 11.1. The first kappa shape index (κ1) is 19.2. The smallest absolute Gasteiger partial charge is 0.287 e. The van der Waals surface area contributed by atoms with Crippen molar-refractivity contribution < 1.29 is 0 Å². The van der Waals surface area contributed by atoms with Gasteiger partial charge in [0.15, 0.2) is 5.52 Å². The molecule has 2 heterocycles. The van der Waals surface area contributed by atoms with Gasteiger partial charge in [-0.1, -0.05) is 47.5 Å². The second-order valence-electron chi connectivity index (χ2n) is 7.19. The van der Waals surface area contributed by atoms with Crippen LogP contribution in [0.15, 0.2) is 70.4 Å². The van der Waals surface area contributed by atoms with Crippen molar-refractivity contribution in [2.24, 2.45) is 0 Å². The number of rotatable bonds is 4. The highest BCUT2D eigenvalue weighted by molar-refractivity contribution is 6.30. The maximum atomic E-state index is 13.3. The first-order chi connectivity index (χ1) is 13.9. The second-order valence-corrected chi connectivity index (χ2v) is 7.62. The fourth-order valence-corrected chi connectivity index (χ4v) is 3.57. The van der Waals surface area contributed by atoms with Gasteiger partial charge in [-0.2, -0.15) is 0 Å². The van der Waals surface area contributed by atoms with E-state index in [4.69, 9.17) is 11.6 Å². The average molecular weight is 406 g/mol. The Morgan fingerprint density at radius 1 is 0.931 bits per heavy atom. The summed E-state index contributed by atoms with van der Waals surface area (Å²) in [5.74, 6) is 0. The van der Waals surface area contributed by atoms with Crippen molar-refractivity contribution in [2.45, 2.75) is 26.9 Å². The van der Waals surface area contributed by atoms with Crippen molar-refractivity contribution in [3.8, 4) is 0 Å². The summed E-state index contributed by atoms with van der Waals surface area (Å²) in [5.41, 5.74) is 4.15. The molecule has 4 rings (SSSR count). The lowest BCUT2D eigenvalue weighted by Gasteiger charge is -2.15. The minimum atomic E-state index is -0.391. The summed E-state index contributed by atoms with van der Waals surface area (Å²) < 4.78 is 2.87. The van der Waals surface area contributed by atoms with E-state index in [1.807, 2.05) is 38.1 Å². The fraction of sp³-hybridized carbons (Fsp3) is 0.174. The number of aryl methyl sites for hydroxylation is 2. The third-order valence-electron chi connectivity index (χ3n) is 5.07. The van der Waals surface area contributed by atoms with Gasteiger partial charge in [-0.05, 0) is 54.8 Å². The molecule has 0 bridgehead atoms. The summed E-state index contributed by atoms with van der Waals surface area (Å²) in [4.78, 5) is 30.6. The highest BCUT2D eigenvalue weighted by atomic mass is 35.5. The zero-order valence-corrected chi connectivity index (χ0v) is 17.0. The van der Waals surface area contributed by atoms with Crippen LogP contribution in [-0.2, 0) is 13.1 Å². The molecule has 0 radical (unpaired) electrons. The van der Waals surface area contributed by atoms with Crippen molar-refractivity contribution >= 4 is 22.6 Å². The minimum Gasteiger partial charge on any atom is -0.287 e. The Kier molecular flexibility index (Phi) is 5.07. The van der Waals surface area contributed by atoms with Crippen molar-refractivity contribution in [1.82, 2.24) is 14.1 Å². The van der Waals surface area contributed by atoms with Crippen LogP contribution in [0.25, 0.3) is 11.0 Å². The molecule has 6 heteroatoms. The van der Waals surface area contributed by atoms with Crippen molar-refractivity contribution in [2.75, 3.05) is 0 Å². The van der Waals surface area contributed by atoms with Crippen LogP contribution in [0.4, 0.5) is 0 Å². The van der Waals surface area contributed by atoms with Gasteiger partial charge >= 0.3 is 5.69 Å². The molecule has 0 spiro atoms. The van der Waals surface area contributed by atoms with Gasteiger partial charge in [-0.25, -0.2) is 9.78 Å². The summed E-state index contributed by atoms with van der Waals surface area (Å²) in [6.07, 6.45) is 1.57. The van der Waals surface area contributed by atoms with Crippen LogP contribution < -0.4 is 11.2 Å². The molecule has 0 unspecified atom stereocenters. The van der Waals surface area contributed by atoms with Gasteiger partial charge in [0, 0.05) is 11.2 Å². The largest absolute Gasteiger partial charge is 0.332 e. The lowest BCUT2D eigenvalue weighted by Crippen LogP contribution is -2.41. The van der Waals surface area contributed by atoms with Gasteiger partial charge in [0.25, 0.3) is 5.56 Å². The Hall–Kier alpha value is -3.18. The number of pyridine rings is 1. The fourth-order valence-electron chi connectivity index (χ4n) is 3.45. The first-order valence-corrected chi connectivity index (χ1v) is 9.71. The molecule has 0 atom stereocenters. The highest BCUT2D eigenvalue weighted by Crippen LogP contribution is 2.15. The Bertz CT molecular complexity index is 1320. The molecular formula is C23H20ClN3O2. The molecule has 5 nitrogen and oxygen atoms in total. The zero-order valence-electron chi connectivity index (χ0n) is 16.2. The number of hydrogen-bond donors (Lipinski definition) is 0. The van der Waals surface area contributed by atoms with E-state index < -0.39 is 5.56 Å². The van der Waals surface area contributed by atoms with Crippen LogP contribution in [0, 0.1) is 13.8 Å². The van der Waals surface area contributed by atoms with E-state index in [0.717, 1.165) is 22.3 Å². The number of hydrogen-bond acceptors (Lipinski definition) is 3. The van der Waals surface area contributed by atoms with Crippen molar-refractivity contribution in [3.05, 3.63) is 109 Å². The van der Waals surface area contributed by atoms with Crippen LogP contribution in [0.5, 0.6) is 0 Å². The summed E-state index contributed by atoms with van der Waals surface area (Å²) in [7, 11) is 0. The van der Waals surface area contributed by atoms with Gasteiger partial charge < -0.3 is 0 Å². The van der Waals surface area contributed by atoms with Gasteiger partial charge in [0.05, 0.1) is 18.6 Å². The van der Waals surface area contributed by atoms with Gasteiger partial charge in [0.2, 0.25) is 0 Å². The number of benzene rings is 2. The summed E-state index contributed by atoms with van der Waals surface area (Å²) in [5, 5.41) is 0.605. The molecule has 0 fully saturated rings. The molecular weight excluding hydrogens is 386 g/mol. The molecule has 0 saturated heterocycles. The third kappa shape index (κ3) is 3.74. The lowest BCUT2D eigenvalue weighted by molar-refractivity contribution is 0.632. The Morgan fingerprint density at radius 3 is 2.45 bits per heavy atom. The van der Waals surface area contributed by atoms with E-state index in [2.05, 4.69) is 11.1 Å². The Balaban J connectivity index is 1.91. The highest BCUT2D eigenvalue weighted by Gasteiger charge is 2.15. The van der Waals surface area contributed by atoms with Gasteiger partial charge in [-0.3, -0.25) is 13.9 Å². The van der Waals surface area contributed by atoms with Crippen LogP contribution >= 0.6 is 11.6 Å². The molecule has 2 aromatic heterocycles. The van der Waals surface area contributed by atoms with Gasteiger partial charge in [-0.15, -0.1) is 0 Å². The summed E-state index contributed by atoms with van der Waals surface area (Å²) in [6.45, 7) is 4.57. The molecule has 29 heavy (non-hydrogen) atoms. The predicted molar refractivity (Wildman–Crippen MR) is 116 cm³/mol. The van der Waals surface area contributed by atoms with Crippen LogP contribution in [0.1, 0.15) is 22.3 Å². The van der Waals surface area contributed by atoms with E-state index in [-0.39, 0.29) is 17.8 Å². The summed E-state index contributed by atoms with van der Waals surface area (Å²) >= 11 is 5.95. The van der Waals surface area contributed by atoms with E-state index in [9.17, 15) is 9.59 Å². The zero-order chi connectivity index (χ0) is 20.5. The number of halogens is 1. The van der Waals surface area contributed by atoms with E-state index in [0.29, 0.717) is 17.1 Å². The molecule has 0 aliphatic heterocycles. The Morgan fingerprint density at radius 2 is 1.69 bits per heavy atom. The standard InChI is InChI=1S/C23H20ClN3O2/c1-15-5-6-16(2)18(12-15)14-26-20-4-3-11-25-21(20)22(28)27(23(26)29)13-17-7-9-19(24)10-8-17/h3-12H,13-14H2,1-2H3. The molecule has 0 saturated carbocycles. The van der Waals surface area contributed by atoms with Crippen molar-refractivity contribution in [3.63, 3.8) is 0 Å². The van der Waals surface area contributed by atoms with Crippen LogP contribution in [-0.4, -0.2) is 14.1 Å². The Labute approximate surface area is 172 Å². The molecule has 2 aromatic carbocycles. The van der Waals surface area contributed by atoms with E-state index in [1.165, 1.54) is 4.57 Å². The molecule has 146 valence electrons. The molecule has 0 amide bonds. The maximum absolute atomic E-state index is 13.3. The van der Waals surface area contributed by atoms with Gasteiger partial charge in [0.1, 0.15) is 0 Å². The quantitative estimate of drug-likeness (QED) is 0.517. The van der Waals surface area contributed by atoms with Crippen LogP contribution in [0.3, 0.4) is 0 Å². The third-order valence-corrected chi connectivity index (χ3v) is 5.33. The molecule has 0 N–H and O–H groups in total. The van der Waals surface area contributed by atoms with Crippen molar-refractivity contribution in [1.29, 1.82) is 0 Å². The lowest BCUT2D eigenvalue weighted by atomic mass is 10.1. The topological polar surface area (TPSA) is 56.9 Å².